The number of aromatic nitrogens is 2. The SMILES string of the molecule is CN(C)CCCn1ccnc1[C@H]1CCCN(C(=O)NC2CCCC2)C1. The van der Waals surface area contributed by atoms with E-state index in [1.54, 1.807) is 0 Å². The van der Waals surface area contributed by atoms with Crippen LogP contribution in [0.1, 0.15) is 56.7 Å². The Bertz CT molecular complexity index is 550. The fraction of sp³-hybridized carbons (Fsp3) is 0.789. The van der Waals surface area contributed by atoms with Crippen molar-refractivity contribution in [1.29, 1.82) is 0 Å². The van der Waals surface area contributed by atoms with E-state index in [1.165, 1.54) is 12.8 Å². The average molecular weight is 348 g/mol. The molecule has 1 aromatic rings. The van der Waals surface area contributed by atoms with Gasteiger partial charge in [0.1, 0.15) is 5.82 Å². The zero-order valence-electron chi connectivity index (χ0n) is 15.8. The summed E-state index contributed by atoms with van der Waals surface area (Å²) in [5.74, 6) is 1.51. The van der Waals surface area contributed by atoms with Crippen LogP contribution in [0.4, 0.5) is 4.79 Å². The molecule has 1 saturated heterocycles. The Morgan fingerprint density at radius 2 is 2.08 bits per heavy atom. The maximum Gasteiger partial charge on any atom is 0.317 e. The van der Waals surface area contributed by atoms with E-state index in [9.17, 15) is 4.79 Å². The number of rotatable bonds is 6. The molecule has 6 nitrogen and oxygen atoms in total. The third-order valence-corrected chi connectivity index (χ3v) is 5.51. The summed E-state index contributed by atoms with van der Waals surface area (Å²) in [5.41, 5.74) is 0. The first-order chi connectivity index (χ1) is 12.1. The molecule has 0 spiro atoms. The zero-order valence-corrected chi connectivity index (χ0v) is 15.8. The van der Waals surface area contributed by atoms with Gasteiger partial charge in [0, 0.05) is 44.0 Å². The van der Waals surface area contributed by atoms with Crippen LogP contribution in [0.2, 0.25) is 0 Å². The van der Waals surface area contributed by atoms with Gasteiger partial charge in [0.15, 0.2) is 0 Å². The van der Waals surface area contributed by atoms with Crippen molar-refractivity contribution in [3.63, 3.8) is 0 Å². The predicted molar refractivity (Wildman–Crippen MR) is 99.7 cm³/mol. The highest BCUT2D eigenvalue weighted by Crippen LogP contribution is 2.26. The van der Waals surface area contributed by atoms with Gasteiger partial charge in [0.2, 0.25) is 0 Å². The predicted octanol–water partition coefficient (Wildman–Crippen LogP) is 2.67. The minimum Gasteiger partial charge on any atom is -0.335 e. The van der Waals surface area contributed by atoms with E-state index >= 15 is 0 Å². The number of nitrogens with zero attached hydrogens (tertiary/aromatic N) is 4. The Morgan fingerprint density at radius 1 is 1.28 bits per heavy atom. The molecule has 1 saturated carbocycles. The largest absolute Gasteiger partial charge is 0.335 e. The Balaban J connectivity index is 1.56. The first-order valence-electron chi connectivity index (χ1n) is 9.84. The van der Waals surface area contributed by atoms with Crippen molar-refractivity contribution in [1.82, 2.24) is 24.7 Å². The summed E-state index contributed by atoms with van der Waals surface area (Å²) in [6, 6.07) is 0.517. The molecule has 1 aromatic heterocycles. The number of carbonyl (C=O) groups is 1. The topological polar surface area (TPSA) is 53.4 Å². The summed E-state index contributed by atoms with van der Waals surface area (Å²) in [6.07, 6.45) is 12.1. The smallest absolute Gasteiger partial charge is 0.317 e. The van der Waals surface area contributed by atoms with Crippen LogP contribution in [0.15, 0.2) is 12.4 Å². The number of amides is 2. The molecule has 1 aliphatic heterocycles. The molecular formula is C19H33N5O. The van der Waals surface area contributed by atoms with E-state index in [-0.39, 0.29) is 6.03 Å². The van der Waals surface area contributed by atoms with Crippen molar-refractivity contribution >= 4 is 6.03 Å². The van der Waals surface area contributed by atoms with Crippen molar-refractivity contribution in [3.05, 3.63) is 18.2 Å². The summed E-state index contributed by atoms with van der Waals surface area (Å²) in [7, 11) is 4.22. The number of nitrogens with one attached hydrogen (secondary N) is 1. The van der Waals surface area contributed by atoms with E-state index in [0.29, 0.717) is 12.0 Å². The summed E-state index contributed by atoms with van der Waals surface area (Å²) in [5, 5.41) is 3.23. The second kappa shape index (κ2) is 8.70. The number of aryl methyl sites for hydroxylation is 1. The molecule has 0 aromatic carbocycles. The molecule has 140 valence electrons. The van der Waals surface area contributed by atoms with Gasteiger partial charge >= 0.3 is 6.03 Å². The van der Waals surface area contributed by atoms with Crippen LogP contribution in [0.3, 0.4) is 0 Å². The second-order valence-corrected chi connectivity index (χ2v) is 7.85. The van der Waals surface area contributed by atoms with E-state index in [2.05, 4.69) is 40.1 Å². The van der Waals surface area contributed by atoms with Crippen LogP contribution in [0.5, 0.6) is 0 Å². The van der Waals surface area contributed by atoms with E-state index in [4.69, 9.17) is 0 Å². The van der Waals surface area contributed by atoms with Gasteiger partial charge in [0.25, 0.3) is 0 Å². The van der Waals surface area contributed by atoms with Gasteiger partial charge in [-0.2, -0.15) is 0 Å². The highest BCUT2D eigenvalue weighted by Gasteiger charge is 2.28. The lowest BCUT2D eigenvalue weighted by molar-refractivity contribution is 0.174. The molecule has 0 unspecified atom stereocenters. The molecule has 0 radical (unpaired) electrons. The molecule has 0 bridgehead atoms. The van der Waals surface area contributed by atoms with Crippen LogP contribution in [-0.2, 0) is 6.54 Å². The summed E-state index contributed by atoms with van der Waals surface area (Å²) in [6.45, 7) is 3.75. The fourth-order valence-electron chi connectivity index (χ4n) is 4.14. The lowest BCUT2D eigenvalue weighted by atomic mass is 9.97. The average Bonchev–Trinajstić information content (AvgIpc) is 3.26. The molecule has 2 aliphatic rings. The number of hydrogen-bond donors (Lipinski definition) is 1. The monoisotopic (exact) mass is 347 g/mol. The number of piperidine rings is 1. The molecule has 1 N–H and O–H groups in total. The number of hydrogen-bond acceptors (Lipinski definition) is 3. The van der Waals surface area contributed by atoms with Crippen LogP contribution in [0.25, 0.3) is 0 Å². The summed E-state index contributed by atoms with van der Waals surface area (Å²) in [4.78, 5) is 21.4. The van der Waals surface area contributed by atoms with Crippen molar-refractivity contribution in [2.75, 3.05) is 33.7 Å². The normalized spacial score (nSPS) is 21.9. The van der Waals surface area contributed by atoms with Crippen molar-refractivity contribution < 1.29 is 4.79 Å². The molecule has 1 aliphatic carbocycles. The molecule has 2 fully saturated rings. The van der Waals surface area contributed by atoms with Crippen LogP contribution >= 0.6 is 0 Å². The third-order valence-electron chi connectivity index (χ3n) is 5.51. The van der Waals surface area contributed by atoms with Gasteiger partial charge in [-0.1, -0.05) is 12.8 Å². The van der Waals surface area contributed by atoms with Gasteiger partial charge < -0.3 is 19.7 Å². The lowest BCUT2D eigenvalue weighted by Crippen LogP contribution is -2.47. The maximum atomic E-state index is 12.6. The lowest BCUT2D eigenvalue weighted by Gasteiger charge is -2.33. The first kappa shape index (κ1) is 18.2. The van der Waals surface area contributed by atoms with E-state index < -0.39 is 0 Å². The first-order valence-corrected chi connectivity index (χ1v) is 9.84. The van der Waals surface area contributed by atoms with Gasteiger partial charge in [-0.05, 0) is 52.7 Å². The number of carbonyl (C=O) groups excluding carboxylic acids is 1. The minimum absolute atomic E-state index is 0.127. The van der Waals surface area contributed by atoms with Gasteiger partial charge in [-0.3, -0.25) is 0 Å². The molecule has 25 heavy (non-hydrogen) atoms. The Labute approximate surface area is 151 Å². The van der Waals surface area contributed by atoms with Gasteiger partial charge in [0.05, 0.1) is 0 Å². The molecule has 6 heteroatoms. The summed E-state index contributed by atoms with van der Waals surface area (Å²) >= 11 is 0. The second-order valence-electron chi connectivity index (χ2n) is 7.85. The molecular weight excluding hydrogens is 314 g/mol. The highest BCUT2D eigenvalue weighted by molar-refractivity contribution is 5.74. The number of likely N-dealkylation sites (tertiary alicyclic amines) is 1. The third kappa shape index (κ3) is 4.97. The van der Waals surface area contributed by atoms with E-state index in [1.807, 2.05) is 11.1 Å². The molecule has 3 rings (SSSR count). The Kier molecular flexibility index (Phi) is 6.34. The Hall–Kier alpha value is -1.56. The van der Waals surface area contributed by atoms with Crippen LogP contribution in [-0.4, -0.2) is 65.2 Å². The van der Waals surface area contributed by atoms with Crippen LogP contribution < -0.4 is 5.32 Å². The highest BCUT2D eigenvalue weighted by atomic mass is 16.2. The van der Waals surface area contributed by atoms with E-state index in [0.717, 1.165) is 64.1 Å². The zero-order chi connectivity index (χ0) is 17.6. The van der Waals surface area contributed by atoms with Crippen LogP contribution in [0, 0.1) is 0 Å². The summed E-state index contributed by atoms with van der Waals surface area (Å²) < 4.78 is 2.28. The van der Waals surface area contributed by atoms with Crippen molar-refractivity contribution in [2.45, 2.75) is 63.5 Å². The Morgan fingerprint density at radius 3 is 2.84 bits per heavy atom. The van der Waals surface area contributed by atoms with Gasteiger partial charge in [-0.25, -0.2) is 9.78 Å². The number of imidazole rings is 1. The number of urea groups is 1. The van der Waals surface area contributed by atoms with Gasteiger partial charge in [-0.15, -0.1) is 0 Å². The molecule has 1 atom stereocenters. The fourth-order valence-corrected chi connectivity index (χ4v) is 4.14. The molecule has 2 heterocycles. The van der Waals surface area contributed by atoms with Crippen molar-refractivity contribution in [3.8, 4) is 0 Å². The quantitative estimate of drug-likeness (QED) is 0.861. The maximum absolute atomic E-state index is 12.6. The standard InChI is InChI=1S/C19H33N5O/c1-22(2)11-6-13-23-14-10-20-18(23)16-7-5-12-24(15-16)19(25)21-17-8-3-4-9-17/h10,14,16-17H,3-9,11-13,15H2,1-2H3,(H,21,25)/t16-/m0/s1. The molecule has 2 amide bonds. The minimum atomic E-state index is 0.127. The van der Waals surface area contributed by atoms with Crippen molar-refractivity contribution in [2.24, 2.45) is 0 Å².